The fraction of sp³-hybridized carbons (Fsp3) is 0.333. The zero-order valence-corrected chi connectivity index (χ0v) is 19.8. The molecule has 8 heteroatoms. The van der Waals surface area contributed by atoms with Gasteiger partial charge in [0, 0.05) is 30.7 Å². The van der Waals surface area contributed by atoms with Gasteiger partial charge in [0.15, 0.2) is 0 Å². The second-order valence-electron chi connectivity index (χ2n) is 8.33. The van der Waals surface area contributed by atoms with Gasteiger partial charge in [0.05, 0.1) is 4.90 Å². The highest BCUT2D eigenvalue weighted by Crippen LogP contribution is 2.28. The van der Waals surface area contributed by atoms with Gasteiger partial charge in [-0.25, -0.2) is 13.4 Å². The smallest absolute Gasteiger partial charge is 0.262 e. The van der Waals surface area contributed by atoms with E-state index >= 15 is 0 Å². The Kier molecular flexibility index (Phi) is 6.06. The third kappa shape index (κ3) is 4.55. The standard InChI is InChI=1S/C24H29N5O2S/c1-16-15-17(2)19(4)23(18(16)3)32(30,31)28-21-9-7-20(8-10-21)26-22-11-12-25-24(27-22)29-13-5-6-14-29/h7-12,15,28H,5-6,13-14H2,1-4H3,(H,25,26,27). The molecular formula is C24H29N5O2S. The van der Waals surface area contributed by atoms with E-state index in [-0.39, 0.29) is 0 Å². The molecule has 1 aliphatic heterocycles. The topological polar surface area (TPSA) is 87.2 Å². The van der Waals surface area contributed by atoms with Crippen molar-refractivity contribution in [2.24, 2.45) is 0 Å². The molecule has 0 saturated carbocycles. The number of hydrogen-bond acceptors (Lipinski definition) is 6. The van der Waals surface area contributed by atoms with E-state index in [4.69, 9.17) is 0 Å². The molecule has 0 unspecified atom stereocenters. The number of sulfonamides is 1. The first-order valence-corrected chi connectivity index (χ1v) is 12.3. The fourth-order valence-electron chi connectivity index (χ4n) is 4.05. The van der Waals surface area contributed by atoms with Crippen LogP contribution in [-0.4, -0.2) is 31.5 Å². The van der Waals surface area contributed by atoms with E-state index < -0.39 is 10.0 Å². The molecule has 1 aliphatic rings. The van der Waals surface area contributed by atoms with Crippen molar-refractivity contribution in [2.45, 2.75) is 45.4 Å². The van der Waals surface area contributed by atoms with Crippen LogP contribution in [0.5, 0.6) is 0 Å². The number of hydrogen-bond donors (Lipinski definition) is 2. The minimum Gasteiger partial charge on any atom is -0.341 e. The molecule has 1 fully saturated rings. The molecular weight excluding hydrogens is 422 g/mol. The van der Waals surface area contributed by atoms with Gasteiger partial charge in [0.1, 0.15) is 5.82 Å². The molecule has 3 aromatic rings. The quantitative estimate of drug-likeness (QED) is 0.557. The fourth-order valence-corrected chi connectivity index (χ4v) is 5.72. The number of nitrogens with zero attached hydrogens (tertiary/aromatic N) is 3. The molecule has 168 valence electrons. The summed E-state index contributed by atoms with van der Waals surface area (Å²) in [4.78, 5) is 11.5. The van der Waals surface area contributed by atoms with Crippen molar-refractivity contribution < 1.29 is 8.42 Å². The highest BCUT2D eigenvalue weighted by atomic mass is 32.2. The lowest BCUT2D eigenvalue weighted by molar-refractivity contribution is 0.599. The van der Waals surface area contributed by atoms with Crippen molar-refractivity contribution in [2.75, 3.05) is 28.0 Å². The maximum Gasteiger partial charge on any atom is 0.262 e. The monoisotopic (exact) mass is 451 g/mol. The summed E-state index contributed by atoms with van der Waals surface area (Å²) < 4.78 is 29.0. The van der Waals surface area contributed by atoms with Gasteiger partial charge in [-0.05, 0) is 93.1 Å². The van der Waals surface area contributed by atoms with Gasteiger partial charge < -0.3 is 10.2 Å². The zero-order valence-electron chi connectivity index (χ0n) is 18.9. The van der Waals surface area contributed by atoms with E-state index in [0.29, 0.717) is 16.4 Å². The Bertz CT molecular complexity index is 1210. The van der Waals surface area contributed by atoms with Crippen LogP contribution in [0, 0.1) is 27.7 Å². The SMILES string of the molecule is Cc1cc(C)c(C)c(S(=O)(=O)Nc2ccc(Nc3ccnc(N4CCCC4)n3)cc2)c1C. The van der Waals surface area contributed by atoms with Crippen LogP contribution < -0.4 is 14.9 Å². The maximum atomic E-state index is 13.1. The molecule has 7 nitrogen and oxygen atoms in total. The molecule has 32 heavy (non-hydrogen) atoms. The predicted molar refractivity (Wildman–Crippen MR) is 129 cm³/mol. The minimum absolute atomic E-state index is 0.354. The normalized spacial score (nSPS) is 13.9. The number of rotatable bonds is 6. The van der Waals surface area contributed by atoms with Crippen LogP contribution in [0.25, 0.3) is 0 Å². The molecule has 0 aliphatic carbocycles. The number of aryl methyl sites for hydroxylation is 2. The van der Waals surface area contributed by atoms with Gasteiger partial charge in [-0.1, -0.05) is 6.07 Å². The maximum absolute atomic E-state index is 13.1. The number of nitrogens with one attached hydrogen (secondary N) is 2. The summed E-state index contributed by atoms with van der Waals surface area (Å²) in [7, 11) is -3.70. The lowest BCUT2D eigenvalue weighted by atomic mass is 10.0. The van der Waals surface area contributed by atoms with Gasteiger partial charge in [-0.3, -0.25) is 4.72 Å². The lowest BCUT2D eigenvalue weighted by Crippen LogP contribution is -2.20. The van der Waals surface area contributed by atoms with Crippen LogP contribution in [0.2, 0.25) is 0 Å². The second kappa shape index (κ2) is 8.78. The molecule has 1 aromatic heterocycles. The second-order valence-corrected chi connectivity index (χ2v) is 9.95. The molecule has 2 aromatic carbocycles. The minimum atomic E-state index is -3.70. The first kappa shape index (κ1) is 22.1. The predicted octanol–water partition coefficient (Wildman–Crippen LogP) is 4.85. The van der Waals surface area contributed by atoms with E-state index in [1.165, 1.54) is 12.8 Å². The number of aromatic nitrogens is 2. The highest BCUT2D eigenvalue weighted by molar-refractivity contribution is 7.92. The highest BCUT2D eigenvalue weighted by Gasteiger charge is 2.22. The van der Waals surface area contributed by atoms with Crippen LogP contribution >= 0.6 is 0 Å². The van der Waals surface area contributed by atoms with Crippen molar-refractivity contribution in [1.29, 1.82) is 0 Å². The van der Waals surface area contributed by atoms with Crippen molar-refractivity contribution >= 4 is 33.2 Å². The summed E-state index contributed by atoms with van der Waals surface area (Å²) in [5.41, 5.74) is 4.80. The van der Waals surface area contributed by atoms with E-state index in [1.807, 2.05) is 52.0 Å². The third-order valence-corrected chi connectivity index (χ3v) is 7.66. The Morgan fingerprint density at radius 1 is 0.875 bits per heavy atom. The summed E-state index contributed by atoms with van der Waals surface area (Å²) >= 11 is 0. The Morgan fingerprint density at radius 2 is 1.47 bits per heavy atom. The van der Waals surface area contributed by atoms with Crippen LogP contribution in [0.3, 0.4) is 0 Å². The largest absolute Gasteiger partial charge is 0.341 e. The van der Waals surface area contributed by atoms with Crippen LogP contribution in [0.15, 0.2) is 47.5 Å². The van der Waals surface area contributed by atoms with Gasteiger partial charge in [0.25, 0.3) is 10.0 Å². The Hall–Kier alpha value is -3.13. The van der Waals surface area contributed by atoms with Crippen molar-refractivity contribution in [3.8, 4) is 0 Å². The van der Waals surface area contributed by atoms with Crippen molar-refractivity contribution in [3.05, 3.63) is 64.8 Å². The molecule has 0 radical (unpaired) electrons. The van der Waals surface area contributed by atoms with Crippen LogP contribution in [0.4, 0.5) is 23.1 Å². The lowest BCUT2D eigenvalue weighted by Gasteiger charge is -2.17. The molecule has 2 heterocycles. The van der Waals surface area contributed by atoms with E-state index in [9.17, 15) is 8.42 Å². The number of benzene rings is 2. The zero-order chi connectivity index (χ0) is 22.9. The summed E-state index contributed by atoms with van der Waals surface area (Å²) in [6, 6.07) is 11.0. The Balaban J connectivity index is 1.51. The van der Waals surface area contributed by atoms with Gasteiger partial charge in [-0.15, -0.1) is 0 Å². The molecule has 0 atom stereocenters. The Labute approximate surface area is 190 Å². The summed E-state index contributed by atoms with van der Waals surface area (Å²) in [6.45, 7) is 9.53. The summed E-state index contributed by atoms with van der Waals surface area (Å²) in [5.74, 6) is 1.44. The molecule has 4 rings (SSSR count). The van der Waals surface area contributed by atoms with Crippen LogP contribution in [-0.2, 0) is 10.0 Å². The number of anilines is 4. The van der Waals surface area contributed by atoms with E-state index in [2.05, 4.69) is 24.9 Å². The average Bonchev–Trinajstić information content (AvgIpc) is 3.29. The van der Waals surface area contributed by atoms with Gasteiger partial charge >= 0.3 is 0 Å². The summed E-state index contributed by atoms with van der Waals surface area (Å²) in [6.07, 6.45) is 4.08. The van der Waals surface area contributed by atoms with Crippen molar-refractivity contribution in [1.82, 2.24) is 9.97 Å². The third-order valence-electron chi connectivity index (χ3n) is 6.01. The first-order chi connectivity index (χ1) is 15.2. The average molecular weight is 452 g/mol. The molecule has 2 N–H and O–H groups in total. The van der Waals surface area contributed by atoms with E-state index in [0.717, 1.165) is 47.0 Å². The Morgan fingerprint density at radius 3 is 2.09 bits per heavy atom. The van der Waals surface area contributed by atoms with Gasteiger partial charge in [-0.2, -0.15) is 4.98 Å². The van der Waals surface area contributed by atoms with Crippen molar-refractivity contribution in [3.63, 3.8) is 0 Å². The molecule has 1 saturated heterocycles. The molecule has 0 amide bonds. The van der Waals surface area contributed by atoms with Gasteiger partial charge in [0.2, 0.25) is 5.95 Å². The molecule has 0 spiro atoms. The molecule has 0 bridgehead atoms. The van der Waals surface area contributed by atoms with E-state index in [1.54, 1.807) is 18.3 Å². The van der Waals surface area contributed by atoms with Crippen LogP contribution in [0.1, 0.15) is 35.1 Å². The first-order valence-electron chi connectivity index (χ1n) is 10.8. The summed E-state index contributed by atoms with van der Waals surface area (Å²) in [5, 5.41) is 3.27.